The number of aromatic nitrogens is 2. The SMILES string of the molecule is O=c1oc2cccnc2n1CCN1CCC(Cc2ccccc2)CC1. The van der Waals surface area contributed by atoms with E-state index in [1.165, 1.54) is 24.8 Å². The van der Waals surface area contributed by atoms with Crippen LogP contribution in [-0.2, 0) is 13.0 Å². The van der Waals surface area contributed by atoms with E-state index in [9.17, 15) is 4.79 Å². The van der Waals surface area contributed by atoms with Gasteiger partial charge in [0.2, 0.25) is 0 Å². The van der Waals surface area contributed by atoms with Crippen molar-refractivity contribution in [1.29, 1.82) is 0 Å². The topological polar surface area (TPSA) is 51.3 Å². The highest BCUT2D eigenvalue weighted by atomic mass is 16.4. The van der Waals surface area contributed by atoms with Crippen LogP contribution in [0.1, 0.15) is 18.4 Å². The molecule has 0 radical (unpaired) electrons. The zero-order chi connectivity index (χ0) is 17.1. The first-order valence-electron chi connectivity index (χ1n) is 9.00. The Morgan fingerprint density at radius 1 is 1.04 bits per heavy atom. The molecule has 0 unspecified atom stereocenters. The van der Waals surface area contributed by atoms with Crippen LogP contribution >= 0.6 is 0 Å². The second-order valence-corrected chi connectivity index (χ2v) is 6.82. The molecule has 5 heteroatoms. The lowest BCUT2D eigenvalue weighted by Gasteiger charge is -2.32. The van der Waals surface area contributed by atoms with Crippen LogP contribution in [-0.4, -0.2) is 34.1 Å². The molecule has 1 aromatic carbocycles. The fraction of sp³-hybridized carbons (Fsp3) is 0.400. The van der Waals surface area contributed by atoms with Gasteiger partial charge in [0.1, 0.15) is 0 Å². The van der Waals surface area contributed by atoms with Crippen LogP contribution < -0.4 is 5.76 Å². The average Bonchev–Trinajstić information content (AvgIpc) is 2.97. The summed E-state index contributed by atoms with van der Waals surface area (Å²) in [5, 5.41) is 0. The van der Waals surface area contributed by atoms with E-state index in [4.69, 9.17) is 4.42 Å². The van der Waals surface area contributed by atoms with Crippen molar-refractivity contribution in [1.82, 2.24) is 14.5 Å². The quantitative estimate of drug-likeness (QED) is 0.718. The summed E-state index contributed by atoms with van der Waals surface area (Å²) in [6.07, 6.45) is 5.30. The third kappa shape index (κ3) is 3.66. The van der Waals surface area contributed by atoms with Gasteiger partial charge in [-0.05, 0) is 56.0 Å². The zero-order valence-electron chi connectivity index (χ0n) is 14.3. The minimum atomic E-state index is -0.312. The molecule has 0 aliphatic carbocycles. The number of likely N-dealkylation sites (tertiary alicyclic amines) is 1. The molecule has 3 heterocycles. The number of oxazole rings is 1. The van der Waals surface area contributed by atoms with Gasteiger partial charge in [0.15, 0.2) is 11.2 Å². The molecule has 5 nitrogen and oxygen atoms in total. The second kappa shape index (κ2) is 7.23. The molecular weight excluding hydrogens is 314 g/mol. The van der Waals surface area contributed by atoms with Gasteiger partial charge >= 0.3 is 5.76 Å². The Balaban J connectivity index is 1.31. The molecule has 25 heavy (non-hydrogen) atoms. The summed E-state index contributed by atoms with van der Waals surface area (Å²) in [5.74, 6) is 0.449. The molecule has 0 amide bonds. The molecule has 0 atom stereocenters. The number of pyridine rings is 1. The number of piperidine rings is 1. The van der Waals surface area contributed by atoms with Gasteiger partial charge < -0.3 is 9.32 Å². The normalized spacial score (nSPS) is 16.5. The van der Waals surface area contributed by atoms with Crippen LogP contribution in [0.2, 0.25) is 0 Å². The molecule has 1 saturated heterocycles. The van der Waals surface area contributed by atoms with Crippen LogP contribution in [0.15, 0.2) is 57.9 Å². The smallest absolute Gasteiger partial charge is 0.406 e. The molecule has 0 spiro atoms. The van der Waals surface area contributed by atoms with Gasteiger partial charge in [0.05, 0.1) is 0 Å². The molecule has 0 saturated carbocycles. The van der Waals surface area contributed by atoms with Crippen LogP contribution in [0.25, 0.3) is 11.2 Å². The molecule has 4 rings (SSSR count). The van der Waals surface area contributed by atoms with Crippen molar-refractivity contribution in [3.63, 3.8) is 0 Å². The molecule has 3 aromatic rings. The molecule has 130 valence electrons. The standard InChI is InChI=1S/C20H23N3O2/c24-20-23(19-18(25-20)7-4-10-21-19)14-13-22-11-8-17(9-12-22)15-16-5-2-1-3-6-16/h1-7,10,17H,8-9,11-15H2. The van der Waals surface area contributed by atoms with E-state index in [0.29, 0.717) is 17.8 Å². The monoisotopic (exact) mass is 337 g/mol. The summed E-state index contributed by atoms with van der Waals surface area (Å²) in [6.45, 7) is 3.68. The third-order valence-electron chi connectivity index (χ3n) is 5.14. The molecule has 1 aliphatic rings. The molecule has 2 aromatic heterocycles. The van der Waals surface area contributed by atoms with E-state index in [1.54, 1.807) is 22.9 Å². The summed E-state index contributed by atoms with van der Waals surface area (Å²) >= 11 is 0. The van der Waals surface area contributed by atoms with Crippen molar-refractivity contribution in [2.75, 3.05) is 19.6 Å². The highest BCUT2D eigenvalue weighted by molar-refractivity contribution is 5.67. The summed E-state index contributed by atoms with van der Waals surface area (Å²) in [4.78, 5) is 18.7. The van der Waals surface area contributed by atoms with Gasteiger partial charge in [-0.15, -0.1) is 0 Å². The minimum Gasteiger partial charge on any atom is -0.406 e. The molecule has 0 N–H and O–H groups in total. The fourth-order valence-corrected chi connectivity index (χ4v) is 3.70. The lowest BCUT2D eigenvalue weighted by atomic mass is 9.90. The summed E-state index contributed by atoms with van der Waals surface area (Å²) in [6, 6.07) is 14.3. The Hall–Kier alpha value is -2.40. The second-order valence-electron chi connectivity index (χ2n) is 6.82. The minimum absolute atomic E-state index is 0.312. The molecular formula is C20H23N3O2. The van der Waals surface area contributed by atoms with E-state index in [2.05, 4.69) is 40.2 Å². The van der Waals surface area contributed by atoms with Crippen molar-refractivity contribution in [3.8, 4) is 0 Å². The average molecular weight is 337 g/mol. The maximum Gasteiger partial charge on any atom is 0.421 e. The van der Waals surface area contributed by atoms with Crippen molar-refractivity contribution >= 4 is 11.2 Å². The van der Waals surface area contributed by atoms with Gasteiger partial charge in [-0.3, -0.25) is 4.57 Å². The molecule has 1 fully saturated rings. The predicted octanol–water partition coefficient (Wildman–Crippen LogP) is 2.94. The highest BCUT2D eigenvalue weighted by Crippen LogP contribution is 2.21. The Morgan fingerprint density at radius 2 is 1.84 bits per heavy atom. The Morgan fingerprint density at radius 3 is 2.64 bits per heavy atom. The van der Waals surface area contributed by atoms with Crippen molar-refractivity contribution in [2.45, 2.75) is 25.8 Å². The van der Waals surface area contributed by atoms with Crippen molar-refractivity contribution in [3.05, 3.63) is 64.8 Å². The number of hydrogen-bond donors (Lipinski definition) is 0. The van der Waals surface area contributed by atoms with E-state index in [-0.39, 0.29) is 5.76 Å². The van der Waals surface area contributed by atoms with E-state index < -0.39 is 0 Å². The van der Waals surface area contributed by atoms with Crippen LogP contribution in [0.3, 0.4) is 0 Å². The predicted molar refractivity (Wildman–Crippen MR) is 97.6 cm³/mol. The first-order chi connectivity index (χ1) is 12.3. The molecule has 0 bridgehead atoms. The fourth-order valence-electron chi connectivity index (χ4n) is 3.70. The summed E-state index contributed by atoms with van der Waals surface area (Å²) in [7, 11) is 0. The number of rotatable bonds is 5. The van der Waals surface area contributed by atoms with Crippen molar-refractivity contribution < 1.29 is 4.42 Å². The van der Waals surface area contributed by atoms with Crippen LogP contribution in [0, 0.1) is 5.92 Å². The van der Waals surface area contributed by atoms with Gasteiger partial charge in [0, 0.05) is 19.3 Å². The number of nitrogens with zero attached hydrogens (tertiary/aromatic N) is 3. The third-order valence-corrected chi connectivity index (χ3v) is 5.14. The lowest BCUT2D eigenvalue weighted by molar-refractivity contribution is 0.178. The Kier molecular flexibility index (Phi) is 4.65. The van der Waals surface area contributed by atoms with E-state index >= 15 is 0 Å². The van der Waals surface area contributed by atoms with Crippen LogP contribution in [0.4, 0.5) is 0 Å². The Labute approximate surface area is 146 Å². The van der Waals surface area contributed by atoms with Gasteiger partial charge in [-0.25, -0.2) is 9.78 Å². The maximum absolute atomic E-state index is 12.0. The zero-order valence-corrected chi connectivity index (χ0v) is 14.3. The molecule has 1 aliphatic heterocycles. The lowest BCUT2D eigenvalue weighted by Crippen LogP contribution is -2.37. The number of fused-ring (bicyclic) bond motifs is 1. The van der Waals surface area contributed by atoms with Crippen molar-refractivity contribution in [2.24, 2.45) is 5.92 Å². The maximum atomic E-state index is 12.0. The van der Waals surface area contributed by atoms with E-state index in [1.807, 2.05) is 0 Å². The summed E-state index contributed by atoms with van der Waals surface area (Å²) in [5.41, 5.74) is 2.64. The van der Waals surface area contributed by atoms with Gasteiger partial charge in [-0.1, -0.05) is 30.3 Å². The van der Waals surface area contributed by atoms with Gasteiger partial charge in [-0.2, -0.15) is 0 Å². The summed E-state index contributed by atoms with van der Waals surface area (Å²) < 4.78 is 6.89. The first kappa shape index (κ1) is 16.1. The van der Waals surface area contributed by atoms with Gasteiger partial charge in [0.25, 0.3) is 0 Å². The highest BCUT2D eigenvalue weighted by Gasteiger charge is 2.20. The number of benzene rings is 1. The van der Waals surface area contributed by atoms with Crippen LogP contribution in [0.5, 0.6) is 0 Å². The largest absolute Gasteiger partial charge is 0.421 e. The first-order valence-corrected chi connectivity index (χ1v) is 9.00. The van der Waals surface area contributed by atoms with E-state index in [0.717, 1.165) is 25.6 Å². The Bertz CT molecular complexity index is 877. The number of hydrogen-bond acceptors (Lipinski definition) is 4.